The molecule has 2 saturated carbocycles. The lowest BCUT2D eigenvalue weighted by Crippen LogP contribution is -2.44. The van der Waals surface area contributed by atoms with Gasteiger partial charge in [-0.2, -0.15) is 0 Å². The van der Waals surface area contributed by atoms with Crippen molar-refractivity contribution in [2.45, 2.75) is 91.4 Å². The van der Waals surface area contributed by atoms with Crippen LogP contribution in [-0.4, -0.2) is 12.3 Å². The van der Waals surface area contributed by atoms with Crippen molar-refractivity contribution in [3.63, 3.8) is 0 Å². The quantitative estimate of drug-likeness (QED) is 0.537. The van der Waals surface area contributed by atoms with Crippen molar-refractivity contribution in [1.82, 2.24) is 0 Å². The summed E-state index contributed by atoms with van der Waals surface area (Å²) in [5.74, 6) is 2.15. The van der Waals surface area contributed by atoms with Gasteiger partial charge in [-0.3, -0.25) is 0 Å². The summed E-state index contributed by atoms with van der Waals surface area (Å²) in [6, 6.07) is 0. The number of halogens is 2. The fraction of sp³-hybridized carbons (Fsp3) is 1.00. The lowest BCUT2D eigenvalue weighted by molar-refractivity contribution is -0.0281. The van der Waals surface area contributed by atoms with Gasteiger partial charge in [-0.15, -0.1) is 0 Å². The first-order chi connectivity index (χ1) is 10.4. The molecule has 0 heterocycles. The smallest absolute Gasteiger partial charge is 0.134 e. The van der Waals surface area contributed by atoms with Crippen molar-refractivity contribution < 1.29 is 8.78 Å². The number of hydrogen-bond donors (Lipinski definition) is 0. The number of hydrogen-bond acceptors (Lipinski definition) is 0. The molecule has 0 spiro atoms. The van der Waals surface area contributed by atoms with Gasteiger partial charge in [-0.1, -0.05) is 53.4 Å². The molecule has 0 aliphatic heterocycles. The van der Waals surface area contributed by atoms with Crippen LogP contribution in [0.2, 0.25) is 0 Å². The van der Waals surface area contributed by atoms with Crippen LogP contribution in [-0.2, 0) is 0 Å². The molecular formula is C20H36F2. The maximum atomic E-state index is 14.8. The lowest BCUT2D eigenvalue weighted by Gasteiger charge is -2.42. The minimum Gasteiger partial charge on any atom is -0.244 e. The first kappa shape index (κ1) is 18.2. The molecule has 0 nitrogen and oxygen atoms in total. The molecule has 2 aliphatic rings. The summed E-state index contributed by atoms with van der Waals surface area (Å²) in [5.41, 5.74) is 0. The van der Waals surface area contributed by atoms with E-state index in [0.29, 0.717) is 17.8 Å². The Bertz CT molecular complexity index is 320. The highest BCUT2D eigenvalue weighted by molar-refractivity contribution is 4.93. The third kappa shape index (κ3) is 4.45. The molecule has 5 atom stereocenters. The van der Waals surface area contributed by atoms with Crippen molar-refractivity contribution in [3.05, 3.63) is 0 Å². The molecule has 2 aliphatic carbocycles. The first-order valence-corrected chi connectivity index (χ1v) is 9.68. The summed E-state index contributed by atoms with van der Waals surface area (Å²) in [6.07, 6.45) is 6.21. The van der Waals surface area contributed by atoms with Crippen LogP contribution in [0.15, 0.2) is 0 Å². The Hall–Kier alpha value is -0.140. The molecule has 22 heavy (non-hydrogen) atoms. The summed E-state index contributed by atoms with van der Waals surface area (Å²) < 4.78 is 29.5. The largest absolute Gasteiger partial charge is 0.244 e. The molecule has 2 rings (SSSR count). The highest BCUT2D eigenvalue weighted by atomic mass is 19.2. The summed E-state index contributed by atoms with van der Waals surface area (Å²) in [7, 11) is 0. The van der Waals surface area contributed by atoms with E-state index in [1.807, 2.05) is 0 Å². The average Bonchev–Trinajstić information content (AvgIpc) is 2.48. The molecule has 0 saturated heterocycles. The Balaban J connectivity index is 1.88. The molecule has 0 aromatic heterocycles. The Morgan fingerprint density at radius 1 is 0.818 bits per heavy atom. The van der Waals surface area contributed by atoms with E-state index in [9.17, 15) is 8.78 Å². The van der Waals surface area contributed by atoms with E-state index in [1.54, 1.807) is 0 Å². The zero-order chi connectivity index (χ0) is 16.3. The Morgan fingerprint density at radius 2 is 1.45 bits per heavy atom. The maximum absolute atomic E-state index is 14.8. The highest BCUT2D eigenvalue weighted by Crippen LogP contribution is 2.45. The van der Waals surface area contributed by atoms with Crippen LogP contribution in [0.25, 0.3) is 0 Å². The second-order valence-corrected chi connectivity index (χ2v) is 8.76. The summed E-state index contributed by atoms with van der Waals surface area (Å²) in [5, 5.41) is 0. The molecule has 0 radical (unpaired) electrons. The summed E-state index contributed by atoms with van der Waals surface area (Å²) >= 11 is 0. The number of rotatable bonds is 5. The molecule has 2 fully saturated rings. The molecule has 0 aromatic carbocycles. The first-order valence-electron chi connectivity index (χ1n) is 9.68. The molecule has 2 heteroatoms. The minimum atomic E-state index is -1.22. The van der Waals surface area contributed by atoms with Gasteiger partial charge in [0.05, 0.1) is 0 Å². The van der Waals surface area contributed by atoms with Crippen LogP contribution in [0.4, 0.5) is 8.78 Å². The predicted octanol–water partition coefficient (Wildman–Crippen LogP) is 6.59. The Labute approximate surface area is 136 Å². The zero-order valence-corrected chi connectivity index (χ0v) is 15.0. The van der Waals surface area contributed by atoms with E-state index < -0.39 is 12.3 Å². The van der Waals surface area contributed by atoms with Gasteiger partial charge in [-0.05, 0) is 61.2 Å². The van der Waals surface area contributed by atoms with Crippen LogP contribution in [0.3, 0.4) is 0 Å². The van der Waals surface area contributed by atoms with Gasteiger partial charge in [0.15, 0.2) is 0 Å². The van der Waals surface area contributed by atoms with Crippen molar-refractivity contribution in [2.75, 3.05) is 0 Å². The van der Waals surface area contributed by atoms with E-state index in [1.165, 1.54) is 12.8 Å². The van der Waals surface area contributed by atoms with E-state index in [4.69, 9.17) is 0 Å². The van der Waals surface area contributed by atoms with Crippen molar-refractivity contribution in [3.8, 4) is 0 Å². The van der Waals surface area contributed by atoms with Gasteiger partial charge in [0.2, 0.25) is 0 Å². The van der Waals surface area contributed by atoms with Crippen molar-refractivity contribution in [1.29, 1.82) is 0 Å². The minimum absolute atomic E-state index is 0.00366. The van der Waals surface area contributed by atoms with Crippen LogP contribution in [0.1, 0.15) is 79.1 Å². The third-order valence-corrected chi connectivity index (χ3v) is 6.55. The normalized spacial score (nSPS) is 41.6. The maximum Gasteiger partial charge on any atom is 0.134 e. The van der Waals surface area contributed by atoms with Crippen LogP contribution in [0.5, 0.6) is 0 Å². The van der Waals surface area contributed by atoms with Gasteiger partial charge < -0.3 is 0 Å². The molecular weight excluding hydrogens is 278 g/mol. The van der Waals surface area contributed by atoms with Gasteiger partial charge in [0.1, 0.15) is 12.3 Å². The monoisotopic (exact) mass is 314 g/mol. The molecule has 130 valence electrons. The standard InChI is InChI=1S/C20H36F2/c1-13(2)5-8-15(4)17-11-12-18(20(22)19(17)21)16-9-6-14(3)7-10-16/h13-20H,5-12H2,1-4H3. The zero-order valence-electron chi connectivity index (χ0n) is 15.0. The van der Waals surface area contributed by atoms with Crippen LogP contribution >= 0.6 is 0 Å². The fourth-order valence-corrected chi connectivity index (χ4v) is 4.79. The number of alkyl halides is 2. The van der Waals surface area contributed by atoms with Gasteiger partial charge in [-0.25, -0.2) is 8.78 Å². The molecule has 5 unspecified atom stereocenters. The lowest BCUT2D eigenvalue weighted by atomic mass is 9.65. The van der Waals surface area contributed by atoms with Gasteiger partial charge in [0.25, 0.3) is 0 Å². The molecule has 0 bridgehead atoms. The molecule has 0 N–H and O–H groups in total. The summed E-state index contributed by atoms with van der Waals surface area (Å²) in [6.45, 7) is 8.83. The van der Waals surface area contributed by atoms with E-state index in [-0.39, 0.29) is 11.8 Å². The van der Waals surface area contributed by atoms with E-state index >= 15 is 0 Å². The average molecular weight is 315 g/mol. The van der Waals surface area contributed by atoms with E-state index in [0.717, 1.165) is 44.4 Å². The van der Waals surface area contributed by atoms with E-state index in [2.05, 4.69) is 27.7 Å². The van der Waals surface area contributed by atoms with Crippen molar-refractivity contribution >= 4 is 0 Å². The van der Waals surface area contributed by atoms with Crippen molar-refractivity contribution in [2.24, 2.45) is 35.5 Å². The second-order valence-electron chi connectivity index (χ2n) is 8.76. The summed E-state index contributed by atoms with van der Waals surface area (Å²) in [4.78, 5) is 0. The fourth-order valence-electron chi connectivity index (χ4n) is 4.79. The van der Waals surface area contributed by atoms with Gasteiger partial charge >= 0.3 is 0 Å². The predicted molar refractivity (Wildman–Crippen MR) is 90.4 cm³/mol. The SMILES string of the molecule is CC(C)CCC(C)C1CCC(C2CCC(C)CC2)C(F)C1F. The van der Waals surface area contributed by atoms with Crippen LogP contribution < -0.4 is 0 Å². The Kier molecular flexibility index (Phi) is 6.71. The van der Waals surface area contributed by atoms with Gasteiger partial charge in [0, 0.05) is 0 Å². The van der Waals surface area contributed by atoms with Crippen LogP contribution in [0, 0.1) is 35.5 Å². The molecule has 0 aromatic rings. The highest BCUT2D eigenvalue weighted by Gasteiger charge is 2.45. The molecule has 0 amide bonds. The Morgan fingerprint density at radius 3 is 2.05 bits per heavy atom. The second kappa shape index (κ2) is 8.11. The topological polar surface area (TPSA) is 0 Å². The third-order valence-electron chi connectivity index (χ3n) is 6.55.